The number of H-pyrrole nitrogens is 1. The third-order valence-corrected chi connectivity index (χ3v) is 6.32. The van der Waals surface area contributed by atoms with Crippen LogP contribution in [0.3, 0.4) is 0 Å². The Balaban J connectivity index is 1.99. The number of carbonyl (C=O) groups is 1. The number of hydrogen-bond donors (Lipinski definition) is 1. The topological polar surface area (TPSA) is 79.5 Å². The smallest absolute Gasteiger partial charge is 0.355 e. The maximum absolute atomic E-state index is 13.1. The fourth-order valence-electron chi connectivity index (χ4n) is 3.13. The summed E-state index contributed by atoms with van der Waals surface area (Å²) in [6.45, 7) is 5.92. The molecule has 0 aliphatic carbocycles. The third kappa shape index (κ3) is 2.63. The second kappa shape index (κ2) is 6.07. The molecule has 128 valence electrons. The van der Waals surface area contributed by atoms with Crippen molar-refractivity contribution in [2.24, 2.45) is 0 Å². The Morgan fingerprint density at radius 1 is 1.21 bits per heavy atom. The van der Waals surface area contributed by atoms with E-state index >= 15 is 0 Å². The van der Waals surface area contributed by atoms with Gasteiger partial charge < -0.3 is 9.72 Å². The van der Waals surface area contributed by atoms with Crippen LogP contribution in [0.2, 0.25) is 0 Å². The number of nitrogens with zero attached hydrogens (tertiary/aromatic N) is 1. The molecule has 0 bridgehead atoms. The number of sulfonamides is 1. The van der Waals surface area contributed by atoms with Gasteiger partial charge in [-0.2, -0.15) is 4.31 Å². The molecule has 0 saturated heterocycles. The fourth-order valence-corrected chi connectivity index (χ4v) is 4.93. The van der Waals surface area contributed by atoms with Crippen LogP contribution >= 0.6 is 0 Å². The van der Waals surface area contributed by atoms with Gasteiger partial charge in [0.2, 0.25) is 10.0 Å². The molecule has 0 spiro atoms. The van der Waals surface area contributed by atoms with Gasteiger partial charge in [-0.25, -0.2) is 13.2 Å². The largest absolute Gasteiger partial charge is 0.461 e. The predicted octanol–water partition coefficient (Wildman–Crippen LogP) is 2.51. The van der Waals surface area contributed by atoms with Crippen LogP contribution in [0.25, 0.3) is 0 Å². The molecule has 7 heteroatoms. The normalized spacial score (nSPS) is 14.6. The zero-order chi connectivity index (χ0) is 17.5. The Labute approximate surface area is 141 Å². The minimum absolute atomic E-state index is 0.165. The molecule has 0 atom stereocenters. The van der Waals surface area contributed by atoms with Crippen LogP contribution in [0.4, 0.5) is 0 Å². The van der Waals surface area contributed by atoms with Gasteiger partial charge in [0.25, 0.3) is 0 Å². The molecule has 1 aromatic carbocycles. The first-order valence-corrected chi connectivity index (χ1v) is 9.23. The fraction of sp³-hybridized carbons (Fsp3) is 0.353. The molecule has 0 amide bonds. The number of nitrogens with one attached hydrogen (secondary N) is 1. The highest BCUT2D eigenvalue weighted by molar-refractivity contribution is 7.89. The molecule has 24 heavy (non-hydrogen) atoms. The molecule has 0 radical (unpaired) electrons. The summed E-state index contributed by atoms with van der Waals surface area (Å²) in [5.74, 6) is -0.538. The summed E-state index contributed by atoms with van der Waals surface area (Å²) in [5.41, 5.74) is 3.08. The van der Waals surface area contributed by atoms with Crippen LogP contribution < -0.4 is 0 Å². The number of carbonyl (C=O) groups excluding carboxylic acids is 1. The van der Waals surface area contributed by atoms with Crippen molar-refractivity contribution in [2.75, 3.05) is 6.61 Å². The average Bonchev–Trinajstić information content (AvgIpc) is 3.09. The summed E-state index contributed by atoms with van der Waals surface area (Å²) in [7, 11) is -3.70. The first-order chi connectivity index (χ1) is 11.4. The minimum Gasteiger partial charge on any atom is -0.461 e. The summed E-state index contributed by atoms with van der Waals surface area (Å²) >= 11 is 0. The van der Waals surface area contributed by atoms with Crippen LogP contribution in [0.15, 0.2) is 29.2 Å². The van der Waals surface area contributed by atoms with Crippen LogP contribution in [-0.4, -0.2) is 30.3 Å². The van der Waals surface area contributed by atoms with Crippen molar-refractivity contribution in [1.29, 1.82) is 0 Å². The zero-order valence-electron chi connectivity index (χ0n) is 13.9. The summed E-state index contributed by atoms with van der Waals surface area (Å²) in [6.07, 6.45) is 0. The van der Waals surface area contributed by atoms with Gasteiger partial charge >= 0.3 is 5.97 Å². The van der Waals surface area contributed by atoms with E-state index < -0.39 is 16.0 Å². The lowest BCUT2D eigenvalue weighted by molar-refractivity contribution is 0.0519. The monoisotopic (exact) mass is 348 g/mol. The van der Waals surface area contributed by atoms with Crippen molar-refractivity contribution in [1.82, 2.24) is 9.29 Å². The first-order valence-electron chi connectivity index (χ1n) is 7.79. The van der Waals surface area contributed by atoms with E-state index in [1.807, 2.05) is 24.3 Å². The van der Waals surface area contributed by atoms with Crippen LogP contribution in [0.5, 0.6) is 0 Å². The van der Waals surface area contributed by atoms with Gasteiger partial charge in [0, 0.05) is 24.3 Å². The number of benzene rings is 1. The molecule has 2 aromatic rings. The molecule has 1 aliphatic heterocycles. The Morgan fingerprint density at radius 2 is 1.79 bits per heavy atom. The number of aromatic amines is 1. The lowest BCUT2D eigenvalue weighted by atomic mass is 10.1. The van der Waals surface area contributed by atoms with Crippen molar-refractivity contribution in [3.05, 3.63) is 52.3 Å². The molecule has 0 saturated carbocycles. The predicted molar refractivity (Wildman–Crippen MR) is 89.1 cm³/mol. The van der Waals surface area contributed by atoms with Crippen molar-refractivity contribution in [2.45, 2.75) is 38.8 Å². The Hall–Kier alpha value is -2.12. The van der Waals surface area contributed by atoms with E-state index in [0.717, 1.165) is 11.1 Å². The van der Waals surface area contributed by atoms with Crippen LogP contribution in [0.1, 0.15) is 39.8 Å². The summed E-state index contributed by atoms with van der Waals surface area (Å²) < 4.78 is 32.6. The lowest BCUT2D eigenvalue weighted by Gasteiger charge is -2.16. The first kappa shape index (κ1) is 16.7. The number of aromatic nitrogens is 1. The number of aryl methyl sites for hydroxylation is 1. The Bertz CT molecular complexity index is 874. The molecule has 0 unspecified atom stereocenters. The van der Waals surface area contributed by atoms with E-state index in [9.17, 15) is 13.2 Å². The molecule has 6 nitrogen and oxygen atoms in total. The van der Waals surface area contributed by atoms with Crippen molar-refractivity contribution in [3.63, 3.8) is 0 Å². The van der Waals surface area contributed by atoms with Crippen molar-refractivity contribution in [3.8, 4) is 0 Å². The molecular formula is C17H20N2O4S. The van der Waals surface area contributed by atoms with Crippen LogP contribution in [-0.2, 0) is 27.8 Å². The SMILES string of the molecule is CCOC(=O)c1[nH]c(C)c(S(=O)(=O)N2Cc3ccccc3C2)c1C. The molecule has 1 N–H and O–H groups in total. The number of hydrogen-bond acceptors (Lipinski definition) is 4. The average molecular weight is 348 g/mol. The summed E-state index contributed by atoms with van der Waals surface area (Å²) in [5, 5.41) is 0. The van der Waals surface area contributed by atoms with E-state index in [-0.39, 0.29) is 17.2 Å². The van der Waals surface area contributed by atoms with E-state index in [4.69, 9.17) is 4.74 Å². The van der Waals surface area contributed by atoms with Crippen molar-refractivity contribution < 1.29 is 17.9 Å². The van der Waals surface area contributed by atoms with Gasteiger partial charge in [-0.1, -0.05) is 24.3 Å². The number of rotatable bonds is 4. The van der Waals surface area contributed by atoms with E-state index in [0.29, 0.717) is 24.3 Å². The van der Waals surface area contributed by atoms with Gasteiger partial charge in [-0.05, 0) is 31.9 Å². The third-order valence-electron chi connectivity index (χ3n) is 4.26. The highest BCUT2D eigenvalue weighted by Crippen LogP contribution is 2.32. The minimum atomic E-state index is -3.70. The number of fused-ring (bicyclic) bond motifs is 1. The molecule has 1 aliphatic rings. The summed E-state index contributed by atoms with van der Waals surface area (Å²) in [6, 6.07) is 7.68. The van der Waals surface area contributed by atoms with Crippen molar-refractivity contribution >= 4 is 16.0 Å². The summed E-state index contributed by atoms with van der Waals surface area (Å²) in [4.78, 5) is 15.0. The van der Waals surface area contributed by atoms with Gasteiger partial charge in [0.15, 0.2) is 0 Å². The quantitative estimate of drug-likeness (QED) is 0.861. The standard InChI is InChI=1S/C17H20N2O4S/c1-4-23-17(20)15-11(2)16(12(3)18-15)24(21,22)19-9-13-7-5-6-8-14(13)10-19/h5-8,18H,4,9-10H2,1-3H3. The van der Waals surface area contributed by atoms with E-state index in [2.05, 4.69) is 4.98 Å². The molecule has 1 aromatic heterocycles. The van der Waals surface area contributed by atoms with Gasteiger partial charge in [0.05, 0.1) is 6.61 Å². The molecule has 2 heterocycles. The van der Waals surface area contributed by atoms with Gasteiger partial charge in [-0.15, -0.1) is 0 Å². The van der Waals surface area contributed by atoms with E-state index in [1.165, 1.54) is 4.31 Å². The van der Waals surface area contributed by atoms with E-state index in [1.54, 1.807) is 20.8 Å². The zero-order valence-corrected chi connectivity index (χ0v) is 14.7. The maximum atomic E-state index is 13.1. The Morgan fingerprint density at radius 3 is 2.33 bits per heavy atom. The number of ether oxygens (including phenoxy) is 1. The molecule has 3 rings (SSSR count). The van der Waals surface area contributed by atoms with Gasteiger partial charge in [0.1, 0.15) is 10.6 Å². The molecule has 0 fully saturated rings. The molecular weight excluding hydrogens is 328 g/mol. The second-order valence-electron chi connectivity index (χ2n) is 5.84. The highest BCUT2D eigenvalue weighted by Gasteiger charge is 2.35. The lowest BCUT2D eigenvalue weighted by Crippen LogP contribution is -2.26. The second-order valence-corrected chi connectivity index (χ2v) is 7.72. The van der Waals surface area contributed by atoms with Crippen LogP contribution in [0, 0.1) is 13.8 Å². The highest BCUT2D eigenvalue weighted by atomic mass is 32.2. The maximum Gasteiger partial charge on any atom is 0.355 e. The van der Waals surface area contributed by atoms with Gasteiger partial charge in [-0.3, -0.25) is 0 Å². The Kier molecular flexibility index (Phi) is 4.23. The number of esters is 1.